The number of rotatable bonds is 3. The van der Waals surface area contributed by atoms with E-state index in [1.165, 1.54) is 0 Å². The molecule has 1 aliphatic carbocycles. The molecule has 2 amide bonds. The minimum absolute atomic E-state index is 0.113. The molecule has 0 spiro atoms. The molecular formula is C12H18N2O2S. The lowest BCUT2D eigenvalue weighted by atomic mass is 9.93. The van der Waals surface area contributed by atoms with Crippen molar-refractivity contribution in [3.05, 3.63) is 22.4 Å². The first-order valence-electron chi connectivity index (χ1n) is 5.99. The molecule has 3 N–H and O–H groups in total. The molecular weight excluding hydrogens is 236 g/mol. The number of urea groups is 1. The fourth-order valence-electron chi connectivity index (χ4n) is 2.11. The maximum atomic E-state index is 11.6. The third-order valence-corrected chi connectivity index (χ3v) is 3.86. The van der Waals surface area contributed by atoms with Gasteiger partial charge in [0.2, 0.25) is 0 Å². The standard InChI is InChI=1S/C12H18N2O2S/c15-10-4-1-3-9(7-10)14-12(16)13-8-11-5-2-6-17-11/h2,5-6,9-10,15H,1,3-4,7-8H2,(H2,13,14,16)/t9-,10-/m1/s1. The van der Waals surface area contributed by atoms with Crippen LogP contribution >= 0.6 is 11.3 Å². The van der Waals surface area contributed by atoms with Gasteiger partial charge in [-0.25, -0.2) is 4.79 Å². The fraction of sp³-hybridized carbons (Fsp3) is 0.583. The van der Waals surface area contributed by atoms with Crippen molar-refractivity contribution in [2.45, 2.75) is 44.4 Å². The van der Waals surface area contributed by atoms with E-state index in [0.29, 0.717) is 13.0 Å². The van der Waals surface area contributed by atoms with Crippen molar-refractivity contribution in [1.82, 2.24) is 10.6 Å². The number of thiophene rings is 1. The molecule has 1 aromatic rings. The highest BCUT2D eigenvalue weighted by Crippen LogP contribution is 2.18. The van der Waals surface area contributed by atoms with E-state index < -0.39 is 0 Å². The number of carbonyl (C=O) groups excluding carboxylic acids is 1. The van der Waals surface area contributed by atoms with E-state index in [1.54, 1.807) is 11.3 Å². The van der Waals surface area contributed by atoms with Crippen LogP contribution in [0.4, 0.5) is 4.79 Å². The summed E-state index contributed by atoms with van der Waals surface area (Å²) in [6.07, 6.45) is 3.22. The number of aliphatic hydroxyl groups excluding tert-OH is 1. The van der Waals surface area contributed by atoms with Gasteiger partial charge in [-0.15, -0.1) is 11.3 Å². The summed E-state index contributed by atoms with van der Waals surface area (Å²) in [5.74, 6) is 0. The van der Waals surface area contributed by atoms with Gasteiger partial charge in [-0.3, -0.25) is 0 Å². The molecule has 0 saturated heterocycles. The van der Waals surface area contributed by atoms with Gasteiger partial charge < -0.3 is 15.7 Å². The number of hydrogen-bond donors (Lipinski definition) is 3. The number of carbonyl (C=O) groups is 1. The van der Waals surface area contributed by atoms with E-state index in [-0.39, 0.29) is 18.2 Å². The molecule has 1 aliphatic rings. The van der Waals surface area contributed by atoms with Gasteiger partial charge in [0.25, 0.3) is 0 Å². The lowest BCUT2D eigenvalue weighted by Crippen LogP contribution is -2.44. The maximum absolute atomic E-state index is 11.6. The normalized spacial score (nSPS) is 24.3. The quantitative estimate of drug-likeness (QED) is 0.771. The predicted octanol–water partition coefficient (Wildman–Crippen LogP) is 1.85. The van der Waals surface area contributed by atoms with Gasteiger partial charge in [-0.1, -0.05) is 6.07 Å². The first-order valence-corrected chi connectivity index (χ1v) is 6.87. The zero-order chi connectivity index (χ0) is 12.1. The van der Waals surface area contributed by atoms with Crippen LogP contribution in [-0.4, -0.2) is 23.3 Å². The van der Waals surface area contributed by atoms with Crippen LogP contribution in [0.2, 0.25) is 0 Å². The number of hydrogen-bond acceptors (Lipinski definition) is 3. The number of amides is 2. The van der Waals surface area contributed by atoms with Crippen molar-refractivity contribution in [1.29, 1.82) is 0 Å². The zero-order valence-corrected chi connectivity index (χ0v) is 10.5. The van der Waals surface area contributed by atoms with Gasteiger partial charge in [0.1, 0.15) is 0 Å². The Morgan fingerprint density at radius 3 is 3.12 bits per heavy atom. The van der Waals surface area contributed by atoms with Gasteiger partial charge in [-0.05, 0) is 37.1 Å². The van der Waals surface area contributed by atoms with Gasteiger partial charge in [0.05, 0.1) is 12.6 Å². The second-order valence-corrected chi connectivity index (χ2v) is 5.46. The Bertz CT molecular complexity index is 353. The van der Waals surface area contributed by atoms with Gasteiger partial charge in [-0.2, -0.15) is 0 Å². The summed E-state index contributed by atoms with van der Waals surface area (Å²) >= 11 is 1.63. The Hall–Kier alpha value is -1.07. The summed E-state index contributed by atoms with van der Waals surface area (Å²) in [5, 5.41) is 17.2. The van der Waals surface area contributed by atoms with E-state index in [4.69, 9.17) is 0 Å². The Balaban J connectivity index is 1.70. The van der Waals surface area contributed by atoms with Crippen molar-refractivity contribution >= 4 is 17.4 Å². The Morgan fingerprint density at radius 2 is 2.41 bits per heavy atom. The molecule has 0 radical (unpaired) electrons. The molecule has 1 saturated carbocycles. The second kappa shape index (κ2) is 6.02. The van der Waals surface area contributed by atoms with Crippen LogP contribution < -0.4 is 10.6 Å². The third kappa shape index (κ3) is 4.02. The summed E-state index contributed by atoms with van der Waals surface area (Å²) in [4.78, 5) is 12.8. The minimum atomic E-state index is -0.258. The minimum Gasteiger partial charge on any atom is -0.393 e. The number of nitrogens with one attached hydrogen (secondary N) is 2. The van der Waals surface area contributed by atoms with Crippen LogP contribution in [0.25, 0.3) is 0 Å². The van der Waals surface area contributed by atoms with Crippen molar-refractivity contribution < 1.29 is 9.90 Å². The highest BCUT2D eigenvalue weighted by molar-refractivity contribution is 7.09. The Kier molecular flexibility index (Phi) is 4.39. The molecule has 17 heavy (non-hydrogen) atoms. The lowest BCUT2D eigenvalue weighted by Gasteiger charge is -2.26. The molecule has 1 fully saturated rings. The average molecular weight is 254 g/mol. The zero-order valence-electron chi connectivity index (χ0n) is 9.69. The van der Waals surface area contributed by atoms with E-state index in [1.807, 2.05) is 17.5 Å². The molecule has 0 unspecified atom stereocenters. The number of aliphatic hydroxyl groups is 1. The maximum Gasteiger partial charge on any atom is 0.315 e. The topological polar surface area (TPSA) is 61.4 Å². The third-order valence-electron chi connectivity index (χ3n) is 2.99. The Labute approximate surface area is 105 Å². The van der Waals surface area contributed by atoms with Gasteiger partial charge in [0, 0.05) is 10.9 Å². The highest BCUT2D eigenvalue weighted by Gasteiger charge is 2.21. The fourth-order valence-corrected chi connectivity index (χ4v) is 2.76. The summed E-state index contributed by atoms with van der Waals surface area (Å²) < 4.78 is 0. The molecule has 1 aromatic heterocycles. The molecule has 2 atom stereocenters. The van der Waals surface area contributed by atoms with E-state index in [9.17, 15) is 9.90 Å². The largest absolute Gasteiger partial charge is 0.393 e. The van der Waals surface area contributed by atoms with Crippen molar-refractivity contribution in [2.75, 3.05) is 0 Å². The Morgan fingerprint density at radius 1 is 1.53 bits per heavy atom. The van der Waals surface area contributed by atoms with Crippen LogP contribution in [-0.2, 0) is 6.54 Å². The van der Waals surface area contributed by atoms with Crippen LogP contribution in [0, 0.1) is 0 Å². The molecule has 0 aliphatic heterocycles. The van der Waals surface area contributed by atoms with Crippen molar-refractivity contribution in [2.24, 2.45) is 0 Å². The molecule has 94 valence electrons. The first-order chi connectivity index (χ1) is 8.24. The molecule has 0 aromatic carbocycles. The molecule has 4 nitrogen and oxygen atoms in total. The van der Waals surface area contributed by atoms with Crippen LogP contribution in [0.15, 0.2) is 17.5 Å². The average Bonchev–Trinajstić information content (AvgIpc) is 2.79. The van der Waals surface area contributed by atoms with Crippen molar-refractivity contribution in [3.8, 4) is 0 Å². The van der Waals surface area contributed by atoms with Crippen LogP contribution in [0.5, 0.6) is 0 Å². The van der Waals surface area contributed by atoms with Crippen LogP contribution in [0.3, 0.4) is 0 Å². The van der Waals surface area contributed by atoms with Gasteiger partial charge >= 0.3 is 6.03 Å². The smallest absolute Gasteiger partial charge is 0.315 e. The second-order valence-electron chi connectivity index (χ2n) is 4.42. The molecule has 2 rings (SSSR count). The first kappa shape index (κ1) is 12.4. The van der Waals surface area contributed by atoms with Crippen molar-refractivity contribution in [3.63, 3.8) is 0 Å². The monoisotopic (exact) mass is 254 g/mol. The lowest BCUT2D eigenvalue weighted by molar-refractivity contribution is 0.113. The van der Waals surface area contributed by atoms with Crippen LogP contribution in [0.1, 0.15) is 30.6 Å². The van der Waals surface area contributed by atoms with E-state index in [2.05, 4.69) is 10.6 Å². The highest BCUT2D eigenvalue weighted by atomic mass is 32.1. The summed E-state index contributed by atoms with van der Waals surface area (Å²) in [6, 6.07) is 3.94. The van der Waals surface area contributed by atoms with E-state index in [0.717, 1.165) is 24.1 Å². The molecule has 5 heteroatoms. The molecule has 0 bridgehead atoms. The van der Waals surface area contributed by atoms with E-state index >= 15 is 0 Å². The summed E-state index contributed by atoms with van der Waals surface area (Å²) in [6.45, 7) is 0.568. The van der Waals surface area contributed by atoms with Gasteiger partial charge in [0.15, 0.2) is 0 Å². The summed E-state index contributed by atoms with van der Waals surface area (Å²) in [5.41, 5.74) is 0. The predicted molar refractivity (Wildman–Crippen MR) is 68.0 cm³/mol. The SMILES string of the molecule is O=C(NCc1cccs1)N[C@@H]1CCC[C@@H](O)C1. The summed E-state index contributed by atoms with van der Waals surface area (Å²) in [7, 11) is 0. The molecule has 1 heterocycles.